The summed E-state index contributed by atoms with van der Waals surface area (Å²) in [5.41, 5.74) is 0.227. The van der Waals surface area contributed by atoms with Crippen molar-refractivity contribution in [3.63, 3.8) is 0 Å². The van der Waals surface area contributed by atoms with Gasteiger partial charge in [0.05, 0.1) is 16.9 Å². The normalized spacial score (nSPS) is 14.5. The maximum Gasteiger partial charge on any atom is 0.290 e. The van der Waals surface area contributed by atoms with Crippen molar-refractivity contribution < 1.29 is 15.1 Å². The first kappa shape index (κ1) is 12.8. The Morgan fingerprint density at radius 2 is 2.25 bits per heavy atom. The minimum Gasteiger partial charge on any atom is -0.389 e. The highest BCUT2D eigenvalue weighted by molar-refractivity contribution is 6.18. The van der Waals surface area contributed by atoms with Crippen molar-refractivity contribution in [2.45, 2.75) is 19.1 Å². The van der Waals surface area contributed by atoms with Gasteiger partial charge in [-0.1, -0.05) is 0 Å². The quantitative estimate of drug-likeness (QED) is 0.468. The summed E-state index contributed by atoms with van der Waals surface area (Å²) in [6.07, 6.45) is -1.17. The highest BCUT2D eigenvalue weighted by atomic mass is 35.5. The van der Waals surface area contributed by atoms with Crippen molar-refractivity contribution in [2.24, 2.45) is 0 Å². The lowest BCUT2D eigenvalue weighted by Crippen LogP contribution is -2.20. The molecule has 0 saturated carbocycles. The number of halogens is 1. The Morgan fingerprint density at radius 1 is 1.62 bits per heavy atom. The molecule has 0 amide bonds. The third-order valence-electron chi connectivity index (χ3n) is 2.14. The average molecular weight is 247 g/mol. The molecule has 0 spiro atoms. The SMILES string of the molecule is Cc1ncc(C(O)C(O)CCl)cc1[N+](=O)[O-]. The molecular formula is C9H11ClN2O4. The van der Waals surface area contributed by atoms with Gasteiger partial charge >= 0.3 is 0 Å². The van der Waals surface area contributed by atoms with E-state index in [1.165, 1.54) is 19.2 Å². The highest BCUT2D eigenvalue weighted by Gasteiger charge is 2.21. The van der Waals surface area contributed by atoms with Crippen molar-refractivity contribution in [1.29, 1.82) is 0 Å². The van der Waals surface area contributed by atoms with E-state index in [2.05, 4.69) is 4.98 Å². The summed E-state index contributed by atoms with van der Waals surface area (Å²) < 4.78 is 0. The number of aliphatic hydroxyl groups is 2. The van der Waals surface area contributed by atoms with Crippen LogP contribution < -0.4 is 0 Å². The number of alkyl halides is 1. The topological polar surface area (TPSA) is 96.5 Å². The van der Waals surface area contributed by atoms with Gasteiger partial charge in [0.25, 0.3) is 5.69 Å². The molecule has 1 rings (SSSR count). The summed E-state index contributed by atoms with van der Waals surface area (Å²) in [6, 6.07) is 1.18. The second kappa shape index (κ2) is 5.20. The lowest BCUT2D eigenvalue weighted by atomic mass is 10.1. The third-order valence-corrected chi connectivity index (χ3v) is 2.46. The molecule has 0 radical (unpaired) electrons. The number of nitro groups is 1. The smallest absolute Gasteiger partial charge is 0.290 e. The molecule has 2 N–H and O–H groups in total. The minimum absolute atomic E-state index is 0.164. The molecule has 0 aliphatic heterocycles. The third kappa shape index (κ3) is 2.66. The zero-order chi connectivity index (χ0) is 12.3. The fourth-order valence-electron chi connectivity index (χ4n) is 1.19. The average Bonchev–Trinajstić information content (AvgIpc) is 2.27. The molecule has 0 bridgehead atoms. The van der Waals surface area contributed by atoms with Crippen LogP contribution in [0.5, 0.6) is 0 Å². The van der Waals surface area contributed by atoms with Crippen molar-refractivity contribution in [1.82, 2.24) is 4.98 Å². The fourth-order valence-corrected chi connectivity index (χ4v) is 1.36. The lowest BCUT2D eigenvalue weighted by Gasteiger charge is -2.15. The first-order valence-electron chi connectivity index (χ1n) is 4.50. The Labute approximate surface area is 96.7 Å². The Kier molecular flexibility index (Phi) is 4.17. The van der Waals surface area contributed by atoms with Gasteiger partial charge in [0.15, 0.2) is 0 Å². The predicted molar refractivity (Wildman–Crippen MR) is 57.3 cm³/mol. The number of hydrogen-bond donors (Lipinski definition) is 2. The second-order valence-corrected chi connectivity index (χ2v) is 3.61. The van der Waals surface area contributed by atoms with Crippen LogP contribution in [0.25, 0.3) is 0 Å². The minimum atomic E-state index is -1.27. The largest absolute Gasteiger partial charge is 0.389 e. The van der Waals surface area contributed by atoms with Crippen LogP contribution >= 0.6 is 11.6 Å². The number of hydrogen-bond acceptors (Lipinski definition) is 5. The van der Waals surface area contributed by atoms with E-state index < -0.39 is 17.1 Å². The van der Waals surface area contributed by atoms with Gasteiger partial charge < -0.3 is 10.2 Å². The molecule has 1 aromatic rings. The van der Waals surface area contributed by atoms with Crippen LogP contribution in [-0.4, -0.2) is 32.1 Å². The fraction of sp³-hybridized carbons (Fsp3) is 0.444. The molecule has 2 atom stereocenters. The van der Waals surface area contributed by atoms with E-state index in [0.29, 0.717) is 0 Å². The molecule has 0 aromatic carbocycles. The zero-order valence-corrected chi connectivity index (χ0v) is 9.26. The molecule has 1 aromatic heterocycles. The number of rotatable bonds is 4. The summed E-state index contributed by atoms with van der Waals surface area (Å²) in [5.74, 6) is -0.164. The lowest BCUT2D eigenvalue weighted by molar-refractivity contribution is -0.385. The van der Waals surface area contributed by atoms with Crippen LogP contribution in [0.15, 0.2) is 12.3 Å². The van der Waals surface area contributed by atoms with Crippen LogP contribution in [0.2, 0.25) is 0 Å². The zero-order valence-electron chi connectivity index (χ0n) is 8.50. The molecule has 6 nitrogen and oxygen atoms in total. The summed E-state index contributed by atoms with van der Waals surface area (Å²) in [7, 11) is 0. The van der Waals surface area contributed by atoms with Crippen molar-refractivity contribution in [2.75, 3.05) is 5.88 Å². The Hall–Kier alpha value is -1.24. The Morgan fingerprint density at radius 3 is 2.75 bits per heavy atom. The van der Waals surface area contributed by atoms with Crippen molar-refractivity contribution in [3.05, 3.63) is 33.6 Å². The van der Waals surface area contributed by atoms with Crippen molar-refractivity contribution >= 4 is 17.3 Å². The molecular weight excluding hydrogens is 236 g/mol. The van der Waals surface area contributed by atoms with E-state index in [9.17, 15) is 20.3 Å². The summed E-state index contributed by atoms with van der Waals surface area (Å²) in [5, 5.41) is 29.5. The molecule has 0 saturated heterocycles. The number of aliphatic hydroxyl groups excluding tert-OH is 2. The molecule has 1 heterocycles. The first-order chi connectivity index (χ1) is 7.47. The monoisotopic (exact) mass is 246 g/mol. The Balaban J connectivity index is 3.07. The maximum absolute atomic E-state index is 10.6. The van der Waals surface area contributed by atoms with Gasteiger partial charge in [0.1, 0.15) is 11.8 Å². The van der Waals surface area contributed by atoms with E-state index in [0.717, 1.165) is 0 Å². The van der Waals surface area contributed by atoms with E-state index in [1.807, 2.05) is 0 Å². The number of nitrogens with zero attached hydrogens (tertiary/aromatic N) is 2. The van der Waals surface area contributed by atoms with E-state index in [-0.39, 0.29) is 22.8 Å². The van der Waals surface area contributed by atoms with E-state index >= 15 is 0 Å². The predicted octanol–water partition coefficient (Wildman–Crippen LogP) is 0.931. The number of pyridine rings is 1. The standard InChI is InChI=1S/C9H11ClN2O4/c1-5-7(12(15)16)2-6(4-11-5)9(14)8(13)3-10/h2,4,8-9,13-14H,3H2,1H3. The van der Waals surface area contributed by atoms with Gasteiger partial charge in [-0.25, -0.2) is 0 Å². The number of aromatic nitrogens is 1. The van der Waals surface area contributed by atoms with E-state index in [1.54, 1.807) is 0 Å². The van der Waals surface area contributed by atoms with Gasteiger partial charge in [-0.05, 0) is 6.92 Å². The van der Waals surface area contributed by atoms with E-state index in [4.69, 9.17) is 11.6 Å². The second-order valence-electron chi connectivity index (χ2n) is 3.30. The maximum atomic E-state index is 10.6. The molecule has 16 heavy (non-hydrogen) atoms. The highest BCUT2D eigenvalue weighted by Crippen LogP contribution is 2.23. The van der Waals surface area contributed by atoms with Crippen LogP contribution in [0.3, 0.4) is 0 Å². The van der Waals surface area contributed by atoms with Crippen LogP contribution in [-0.2, 0) is 0 Å². The molecule has 7 heteroatoms. The van der Waals surface area contributed by atoms with Gasteiger partial charge in [-0.2, -0.15) is 0 Å². The van der Waals surface area contributed by atoms with Gasteiger partial charge in [0.2, 0.25) is 0 Å². The van der Waals surface area contributed by atoms with Crippen LogP contribution in [0, 0.1) is 17.0 Å². The van der Waals surface area contributed by atoms with Gasteiger partial charge in [0, 0.05) is 17.8 Å². The molecule has 0 aliphatic carbocycles. The summed E-state index contributed by atoms with van der Waals surface area (Å²) in [6.45, 7) is 1.49. The van der Waals surface area contributed by atoms with Crippen LogP contribution in [0.1, 0.15) is 17.4 Å². The molecule has 88 valence electrons. The summed E-state index contributed by atoms with van der Waals surface area (Å²) in [4.78, 5) is 13.8. The molecule has 0 aliphatic rings. The first-order valence-corrected chi connectivity index (χ1v) is 5.04. The summed E-state index contributed by atoms with van der Waals surface area (Å²) >= 11 is 5.37. The molecule has 2 unspecified atom stereocenters. The van der Waals surface area contributed by atoms with Gasteiger partial charge in [-0.3, -0.25) is 15.1 Å². The Bertz CT molecular complexity index is 399. The van der Waals surface area contributed by atoms with Crippen LogP contribution in [0.4, 0.5) is 5.69 Å². The number of aryl methyl sites for hydroxylation is 1. The van der Waals surface area contributed by atoms with Crippen molar-refractivity contribution in [3.8, 4) is 0 Å². The molecule has 0 fully saturated rings. The van der Waals surface area contributed by atoms with Gasteiger partial charge in [-0.15, -0.1) is 11.6 Å².